The molecule has 0 amide bonds. The molecular formula is C21H33N3. The monoisotopic (exact) mass is 327 g/mol. The van der Waals surface area contributed by atoms with Crippen LogP contribution >= 0.6 is 0 Å². The average molecular weight is 328 g/mol. The first-order valence-electron chi connectivity index (χ1n) is 9.72. The van der Waals surface area contributed by atoms with Gasteiger partial charge < -0.3 is 0 Å². The number of unbranched alkanes of at least 4 members (excludes halogenated alkanes) is 4. The van der Waals surface area contributed by atoms with Crippen molar-refractivity contribution in [3.05, 3.63) is 41.3 Å². The smallest absolute Gasteiger partial charge is 0.140 e. The van der Waals surface area contributed by atoms with Crippen LogP contribution in [0.15, 0.2) is 23.8 Å². The van der Waals surface area contributed by atoms with E-state index in [4.69, 9.17) is 0 Å². The highest BCUT2D eigenvalue weighted by Crippen LogP contribution is 2.35. The Bertz CT molecular complexity index is 554. The molecule has 3 nitrogen and oxygen atoms in total. The van der Waals surface area contributed by atoms with Gasteiger partial charge >= 0.3 is 0 Å². The first-order valence-corrected chi connectivity index (χ1v) is 9.72. The molecule has 1 heterocycles. The Hall–Kier alpha value is -1.51. The molecule has 1 aromatic rings. The Morgan fingerprint density at radius 3 is 2.21 bits per heavy atom. The molecule has 1 aliphatic rings. The van der Waals surface area contributed by atoms with E-state index in [1.165, 1.54) is 56.9 Å². The van der Waals surface area contributed by atoms with Crippen molar-refractivity contribution in [3.8, 4) is 0 Å². The predicted molar refractivity (Wildman–Crippen MR) is 101 cm³/mol. The molecule has 2 atom stereocenters. The van der Waals surface area contributed by atoms with E-state index < -0.39 is 0 Å². The summed E-state index contributed by atoms with van der Waals surface area (Å²) in [5.41, 5.74) is 1.50. The Kier molecular flexibility index (Phi) is 7.61. The molecule has 0 aliphatic heterocycles. The van der Waals surface area contributed by atoms with Crippen LogP contribution in [0.25, 0.3) is 0 Å². The van der Waals surface area contributed by atoms with E-state index in [1.54, 1.807) is 0 Å². The number of hydrogen-bond acceptors (Lipinski definition) is 3. The standard InChI is InChI=1S/C21H33N3/c1-5-7-9-11-18-13-14-20(19(15-18)12-10-8-6-2)21-23-16(3)22-17(4)24-21/h13-15,19-20H,5-12H2,1-4H3. The third-order valence-electron chi connectivity index (χ3n) is 4.79. The highest BCUT2D eigenvalue weighted by Gasteiger charge is 2.25. The summed E-state index contributed by atoms with van der Waals surface area (Å²) in [6.07, 6.45) is 17.3. The minimum atomic E-state index is 0.303. The first kappa shape index (κ1) is 18.8. The second kappa shape index (κ2) is 9.71. The summed E-state index contributed by atoms with van der Waals surface area (Å²) in [6.45, 7) is 8.45. The molecule has 1 aliphatic carbocycles. The van der Waals surface area contributed by atoms with E-state index in [9.17, 15) is 0 Å². The maximum atomic E-state index is 4.63. The van der Waals surface area contributed by atoms with Crippen LogP contribution in [0.4, 0.5) is 0 Å². The summed E-state index contributed by atoms with van der Waals surface area (Å²) >= 11 is 0. The van der Waals surface area contributed by atoms with Crippen LogP contribution < -0.4 is 0 Å². The van der Waals surface area contributed by atoms with Crippen LogP contribution in [-0.2, 0) is 0 Å². The van der Waals surface area contributed by atoms with E-state index in [2.05, 4.69) is 47.0 Å². The molecule has 24 heavy (non-hydrogen) atoms. The quantitative estimate of drug-likeness (QED) is 0.534. The van der Waals surface area contributed by atoms with Crippen LogP contribution in [0, 0.1) is 19.8 Å². The summed E-state index contributed by atoms with van der Waals surface area (Å²) in [4.78, 5) is 13.6. The Morgan fingerprint density at radius 1 is 0.875 bits per heavy atom. The molecule has 2 rings (SSSR count). The molecule has 2 unspecified atom stereocenters. The summed E-state index contributed by atoms with van der Waals surface area (Å²) < 4.78 is 0. The van der Waals surface area contributed by atoms with Crippen molar-refractivity contribution >= 4 is 0 Å². The van der Waals surface area contributed by atoms with Gasteiger partial charge in [0.1, 0.15) is 17.5 Å². The zero-order chi connectivity index (χ0) is 17.4. The fraction of sp³-hybridized carbons (Fsp3) is 0.667. The summed E-state index contributed by atoms with van der Waals surface area (Å²) in [5.74, 6) is 3.44. The number of hydrogen-bond donors (Lipinski definition) is 0. The molecule has 0 fully saturated rings. The van der Waals surface area contributed by atoms with Crippen molar-refractivity contribution in [2.75, 3.05) is 0 Å². The van der Waals surface area contributed by atoms with Gasteiger partial charge in [-0.3, -0.25) is 0 Å². The maximum absolute atomic E-state index is 4.63. The molecule has 132 valence electrons. The number of aryl methyl sites for hydroxylation is 2. The van der Waals surface area contributed by atoms with Crippen molar-refractivity contribution in [2.45, 2.75) is 85.0 Å². The van der Waals surface area contributed by atoms with Gasteiger partial charge in [-0.25, -0.2) is 15.0 Å². The van der Waals surface area contributed by atoms with Gasteiger partial charge in [0.2, 0.25) is 0 Å². The van der Waals surface area contributed by atoms with E-state index >= 15 is 0 Å². The second-order valence-electron chi connectivity index (χ2n) is 7.03. The van der Waals surface area contributed by atoms with Gasteiger partial charge in [-0.1, -0.05) is 69.8 Å². The molecule has 0 aromatic carbocycles. The Labute approximate surface area is 147 Å². The third-order valence-corrected chi connectivity index (χ3v) is 4.79. The number of allylic oxidation sites excluding steroid dienone is 4. The van der Waals surface area contributed by atoms with Gasteiger partial charge in [0, 0.05) is 5.92 Å². The number of aromatic nitrogens is 3. The van der Waals surface area contributed by atoms with E-state index in [0.717, 1.165) is 17.5 Å². The fourth-order valence-corrected chi connectivity index (χ4v) is 3.51. The SMILES string of the molecule is CCCCCC1=CC(CCCCC)C(c2nc(C)nc(C)n2)C=C1. The number of nitrogens with zero attached hydrogens (tertiary/aromatic N) is 3. The summed E-state index contributed by atoms with van der Waals surface area (Å²) in [7, 11) is 0. The molecular weight excluding hydrogens is 294 g/mol. The minimum Gasteiger partial charge on any atom is -0.219 e. The Morgan fingerprint density at radius 2 is 1.54 bits per heavy atom. The normalized spacial score (nSPS) is 20.2. The van der Waals surface area contributed by atoms with Gasteiger partial charge in [0.05, 0.1) is 0 Å². The van der Waals surface area contributed by atoms with E-state index in [0.29, 0.717) is 11.8 Å². The molecule has 0 radical (unpaired) electrons. The lowest BCUT2D eigenvalue weighted by atomic mass is 9.81. The Balaban J connectivity index is 2.15. The highest BCUT2D eigenvalue weighted by atomic mass is 15.0. The van der Waals surface area contributed by atoms with Gasteiger partial charge in [-0.2, -0.15) is 0 Å². The minimum absolute atomic E-state index is 0.303. The third kappa shape index (κ3) is 5.54. The molecule has 0 saturated carbocycles. The molecule has 0 spiro atoms. The lowest BCUT2D eigenvalue weighted by Gasteiger charge is -2.25. The van der Waals surface area contributed by atoms with Gasteiger partial charge in [-0.15, -0.1) is 0 Å². The van der Waals surface area contributed by atoms with Gasteiger partial charge in [0.15, 0.2) is 0 Å². The molecule has 1 aromatic heterocycles. The van der Waals surface area contributed by atoms with Crippen LogP contribution in [-0.4, -0.2) is 15.0 Å². The summed E-state index contributed by atoms with van der Waals surface area (Å²) in [5, 5.41) is 0. The van der Waals surface area contributed by atoms with Crippen molar-refractivity contribution < 1.29 is 0 Å². The van der Waals surface area contributed by atoms with Crippen molar-refractivity contribution in [3.63, 3.8) is 0 Å². The van der Waals surface area contributed by atoms with Crippen LogP contribution in [0.1, 0.15) is 88.6 Å². The zero-order valence-corrected chi connectivity index (χ0v) is 15.9. The first-order chi connectivity index (χ1) is 11.6. The zero-order valence-electron chi connectivity index (χ0n) is 15.9. The fourth-order valence-electron chi connectivity index (χ4n) is 3.51. The van der Waals surface area contributed by atoms with Gasteiger partial charge in [0.25, 0.3) is 0 Å². The molecule has 3 heteroatoms. The van der Waals surface area contributed by atoms with E-state index in [-0.39, 0.29) is 0 Å². The molecule has 0 bridgehead atoms. The van der Waals surface area contributed by atoms with Crippen molar-refractivity contribution in [1.82, 2.24) is 15.0 Å². The van der Waals surface area contributed by atoms with Gasteiger partial charge in [-0.05, 0) is 39.0 Å². The molecule has 0 saturated heterocycles. The van der Waals surface area contributed by atoms with Crippen molar-refractivity contribution in [1.29, 1.82) is 0 Å². The largest absolute Gasteiger partial charge is 0.219 e. The molecule has 0 N–H and O–H groups in total. The number of rotatable bonds is 9. The second-order valence-corrected chi connectivity index (χ2v) is 7.03. The topological polar surface area (TPSA) is 38.7 Å². The van der Waals surface area contributed by atoms with Crippen LogP contribution in [0.5, 0.6) is 0 Å². The maximum Gasteiger partial charge on any atom is 0.140 e. The van der Waals surface area contributed by atoms with Crippen molar-refractivity contribution in [2.24, 2.45) is 5.92 Å². The average Bonchev–Trinajstić information content (AvgIpc) is 2.55. The van der Waals surface area contributed by atoms with Crippen LogP contribution in [0.3, 0.4) is 0 Å². The predicted octanol–water partition coefficient (Wildman–Crippen LogP) is 5.85. The summed E-state index contributed by atoms with van der Waals surface area (Å²) in [6, 6.07) is 0. The van der Waals surface area contributed by atoms with E-state index in [1.807, 2.05) is 13.8 Å². The highest BCUT2D eigenvalue weighted by molar-refractivity contribution is 5.30. The van der Waals surface area contributed by atoms with Crippen LogP contribution in [0.2, 0.25) is 0 Å². The lowest BCUT2D eigenvalue weighted by Crippen LogP contribution is -2.17. The lowest BCUT2D eigenvalue weighted by molar-refractivity contribution is 0.475.